The fourth-order valence-electron chi connectivity index (χ4n) is 3.51. The van der Waals surface area contributed by atoms with E-state index in [0.29, 0.717) is 0 Å². The van der Waals surface area contributed by atoms with E-state index in [1.165, 1.54) is 25.8 Å². The summed E-state index contributed by atoms with van der Waals surface area (Å²) in [7, 11) is 0. The summed E-state index contributed by atoms with van der Waals surface area (Å²) in [5.74, 6) is 1.90. The van der Waals surface area contributed by atoms with Crippen molar-refractivity contribution in [2.24, 2.45) is 11.8 Å². The van der Waals surface area contributed by atoms with Crippen LogP contribution in [0.3, 0.4) is 0 Å². The van der Waals surface area contributed by atoms with Crippen LogP contribution >= 0.6 is 0 Å². The first-order valence-electron chi connectivity index (χ1n) is 5.49. The number of fused-ring (bicyclic) bond motifs is 2. The van der Waals surface area contributed by atoms with Gasteiger partial charge in [0.05, 0.1) is 0 Å². The van der Waals surface area contributed by atoms with Gasteiger partial charge in [0.2, 0.25) is 0 Å². The molecular weight excluding hydrogens is 146 g/mol. The van der Waals surface area contributed by atoms with Gasteiger partial charge in [-0.05, 0) is 37.6 Å². The van der Waals surface area contributed by atoms with Crippen molar-refractivity contribution in [1.29, 1.82) is 0 Å². The first kappa shape index (κ1) is 8.55. The lowest BCUT2D eigenvalue weighted by Gasteiger charge is -2.37. The topological polar surface area (TPSA) is 3.24 Å². The van der Waals surface area contributed by atoms with Crippen LogP contribution in [0.1, 0.15) is 40.0 Å². The largest absolute Gasteiger partial charge is 0.297 e. The molecule has 1 saturated heterocycles. The number of likely N-dealkylation sites (tertiary alicyclic amines) is 1. The first-order valence-corrected chi connectivity index (χ1v) is 5.49. The zero-order chi connectivity index (χ0) is 8.72. The van der Waals surface area contributed by atoms with E-state index >= 15 is 0 Å². The third-order valence-corrected chi connectivity index (χ3v) is 3.83. The zero-order valence-corrected chi connectivity index (χ0v) is 8.59. The van der Waals surface area contributed by atoms with E-state index in [-0.39, 0.29) is 0 Å². The highest BCUT2D eigenvalue weighted by Crippen LogP contribution is 2.44. The van der Waals surface area contributed by atoms with Crippen LogP contribution in [0.4, 0.5) is 0 Å². The fraction of sp³-hybridized carbons (Fsp3) is 1.00. The molecule has 1 aliphatic carbocycles. The lowest BCUT2D eigenvalue weighted by molar-refractivity contribution is 0.111. The molecule has 0 spiro atoms. The van der Waals surface area contributed by atoms with Crippen LogP contribution in [0, 0.1) is 11.8 Å². The van der Waals surface area contributed by atoms with Gasteiger partial charge in [0.1, 0.15) is 0 Å². The molecule has 0 N–H and O–H groups in total. The Bertz CT molecular complexity index is 164. The molecule has 0 aromatic rings. The summed E-state index contributed by atoms with van der Waals surface area (Å²) in [6.07, 6.45) is 4.47. The van der Waals surface area contributed by atoms with Crippen molar-refractivity contribution < 1.29 is 0 Å². The molecule has 0 aromatic carbocycles. The maximum absolute atomic E-state index is 2.75. The Morgan fingerprint density at radius 3 is 2.58 bits per heavy atom. The van der Waals surface area contributed by atoms with Crippen LogP contribution in [0.5, 0.6) is 0 Å². The van der Waals surface area contributed by atoms with E-state index in [1.807, 2.05) is 0 Å². The van der Waals surface area contributed by atoms with E-state index in [0.717, 1.165) is 23.9 Å². The Morgan fingerprint density at radius 1 is 1.33 bits per heavy atom. The first-order chi connectivity index (χ1) is 5.74. The van der Waals surface area contributed by atoms with Gasteiger partial charge < -0.3 is 0 Å². The average Bonchev–Trinajstić information content (AvgIpc) is 2.60. The summed E-state index contributed by atoms with van der Waals surface area (Å²) >= 11 is 0. The molecule has 0 aromatic heterocycles. The molecule has 1 nitrogen and oxygen atoms in total. The molecule has 1 saturated carbocycles. The summed E-state index contributed by atoms with van der Waals surface area (Å²) in [4.78, 5) is 2.75. The van der Waals surface area contributed by atoms with Gasteiger partial charge in [-0.2, -0.15) is 0 Å². The van der Waals surface area contributed by atoms with E-state index in [1.54, 1.807) is 0 Å². The Morgan fingerprint density at radius 2 is 2.08 bits per heavy atom. The minimum atomic E-state index is 0.861. The SMILES string of the molecule is CCN1[C@@H]2CC[C@@H](C2)[C@H]1C(C)C. The summed E-state index contributed by atoms with van der Waals surface area (Å²) < 4.78 is 0. The molecule has 2 fully saturated rings. The summed E-state index contributed by atoms with van der Waals surface area (Å²) in [6.45, 7) is 8.35. The van der Waals surface area contributed by atoms with Crippen molar-refractivity contribution in [3.05, 3.63) is 0 Å². The highest BCUT2D eigenvalue weighted by atomic mass is 15.2. The fourth-order valence-corrected chi connectivity index (χ4v) is 3.51. The zero-order valence-electron chi connectivity index (χ0n) is 8.59. The quantitative estimate of drug-likeness (QED) is 0.611. The highest BCUT2D eigenvalue weighted by molar-refractivity contribution is 4.99. The van der Waals surface area contributed by atoms with Gasteiger partial charge in [0.15, 0.2) is 0 Å². The van der Waals surface area contributed by atoms with Crippen molar-refractivity contribution in [2.75, 3.05) is 6.54 Å². The van der Waals surface area contributed by atoms with Gasteiger partial charge in [-0.1, -0.05) is 20.8 Å². The Kier molecular flexibility index (Phi) is 2.16. The summed E-state index contributed by atoms with van der Waals surface area (Å²) in [6, 6.07) is 1.86. The van der Waals surface area contributed by atoms with Crippen molar-refractivity contribution in [2.45, 2.75) is 52.1 Å². The smallest absolute Gasteiger partial charge is 0.0150 e. The lowest BCUT2D eigenvalue weighted by Crippen LogP contribution is -2.43. The van der Waals surface area contributed by atoms with Crippen LogP contribution in [0.25, 0.3) is 0 Å². The van der Waals surface area contributed by atoms with Gasteiger partial charge >= 0.3 is 0 Å². The lowest BCUT2D eigenvalue weighted by atomic mass is 9.89. The van der Waals surface area contributed by atoms with E-state index < -0.39 is 0 Å². The van der Waals surface area contributed by atoms with Crippen molar-refractivity contribution >= 4 is 0 Å². The number of nitrogens with zero attached hydrogens (tertiary/aromatic N) is 1. The molecule has 70 valence electrons. The molecule has 1 heterocycles. The molecule has 12 heavy (non-hydrogen) atoms. The van der Waals surface area contributed by atoms with Gasteiger partial charge in [0, 0.05) is 12.1 Å². The molecule has 2 rings (SSSR count). The molecule has 0 radical (unpaired) electrons. The maximum Gasteiger partial charge on any atom is 0.0150 e. The van der Waals surface area contributed by atoms with E-state index in [9.17, 15) is 0 Å². The van der Waals surface area contributed by atoms with Crippen LogP contribution in [-0.2, 0) is 0 Å². The third kappa shape index (κ3) is 1.10. The number of hydrogen-bond donors (Lipinski definition) is 0. The molecule has 0 amide bonds. The summed E-state index contributed by atoms with van der Waals surface area (Å²) in [5.41, 5.74) is 0. The number of rotatable bonds is 2. The van der Waals surface area contributed by atoms with Gasteiger partial charge in [-0.25, -0.2) is 0 Å². The van der Waals surface area contributed by atoms with Crippen molar-refractivity contribution in [3.63, 3.8) is 0 Å². The Hall–Kier alpha value is -0.0400. The van der Waals surface area contributed by atoms with Crippen LogP contribution < -0.4 is 0 Å². The average molecular weight is 167 g/mol. The van der Waals surface area contributed by atoms with Gasteiger partial charge in [-0.15, -0.1) is 0 Å². The van der Waals surface area contributed by atoms with Crippen LogP contribution in [-0.4, -0.2) is 23.5 Å². The molecule has 1 heteroatoms. The normalized spacial score (nSPS) is 41.5. The van der Waals surface area contributed by atoms with Gasteiger partial charge in [-0.3, -0.25) is 4.90 Å². The minimum Gasteiger partial charge on any atom is -0.297 e. The van der Waals surface area contributed by atoms with Crippen molar-refractivity contribution in [1.82, 2.24) is 4.90 Å². The predicted molar refractivity (Wildman–Crippen MR) is 52.1 cm³/mol. The molecule has 1 aliphatic heterocycles. The Labute approximate surface area is 76.1 Å². The van der Waals surface area contributed by atoms with Crippen LogP contribution in [0.15, 0.2) is 0 Å². The molecule has 3 atom stereocenters. The minimum absolute atomic E-state index is 0.861. The maximum atomic E-state index is 2.75. The molecule has 2 bridgehead atoms. The standard InChI is InChI=1S/C11H21N/c1-4-12-10-6-5-9(7-10)11(12)8(2)3/h8-11H,4-7H2,1-3H3/t9-,10+,11+/m0/s1. The monoisotopic (exact) mass is 167 g/mol. The molecular formula is C11H21N. The van der Waals surface area contributed by atoms with Gasteiger partial charge in [0.25, 0.3) is 0 Å². The molecule has 2 aliphatic rings. The number of piperidine rings is 1. The van der Waals surface area contributed by atoms with E-state index in [4.69, 9.17) is 0 Å². The second-order valence-corrected chi connectivity index (χ2v) is 4.79. The highest BCUT2D eigenvalue weighted by Gasteiger charge is 2.45. The second-order valence-electron chi connectivity index (χ2n) is 4.79. The summed E-state index contributed by atoms with van der Waals surface area (Å²) in [5, 5.41) is 0. The Balaban J connectivity index is 2.11. The molecule has 0 unspecified atom stereocenters. The number of hydrogen-bond acceptors (Lipinski definition) is 1. The third-order valence-electron chi connectivity index (χ3n) is 3.83. The van der Waals surface area contributed by atoms with Crippen LogP contribution in [0.2, 0.25) is 0 Å². The van der Waals surface area contributed by atoms with Crippen molar-refractivity contribution in [3.8, 4) is 0 Å². The predicted octanol–water partition coefficient (Wildman–Crippen LogP) is 2.52. The second kappa shape index (κ2) is 3.02. The van der Waals surface area contributed by atoms with E-state index in [2.05, 4.69) is 25.7 Å².